The fourth-order valence-corrected chi connectivity index (χ4v) is 2.33. The first-order chi connectivity index (χ1) is 8.99. The number of esters is 1. The molecular weight excluding hydrogens is 334 g/mol. The monoisotopic (exact) mass is 347 g/mol. The number of ether oxygens (including phenoxy) is 1. The van der Waals surface area contributed by atoms with Crippen LogP contribution in [0.5, 0.6) is 0 Å². The summed E-state index contributed by atoms with van der Waals surface area (Å²) in [5, 5.41) is 0.352. The Morgan fingerprint density at radius 2 is 2.11 bits per heavy atom. The van der Waals surface area contributed by atoms with Gasteiger partial charge in [-0.15, -0.1) is 0 Å². The van der Waals surface area contributed by atoms with Gasteiger partial charge in [0, 0.05) is 11.0 Å². The second kappa shape index (κ2) is 7.50. The van der Waals surface area contributed by atoms with Crippen LogP contribution in [-0.4, -0.2) is 37.0 Å². The van der Waals surface area contributed by atoms with E-state index in [1.165, 1.54) is 12.0 Å². The van der Waals surface area contributed by atoms with Crippen LogP contribution in [0.25, 0.3) is 0 Å². The lowest BCUT2D eigenvalue weighted by Gasteiger charge is -2.21. The summed E-state index contributed by atoms with van der Waals surface area (Å²) in [6, 6.07) is 5.02. The predicted molar refractivity (Wildman–Crippen MR) is 77.4 cm³/mol. The Hall–Kier alpha value is -1.07. The molecule has 0 spiro atoms. The molecule has 0 saturated heterocycles. The Kier molecular flexibility index (Phi) is 6.31. The first-order valence-corrected chi connectivity index (χ1v) is 6.97. The molecule has 19 heavy (non-hydrogen) atoms. The number of carbonyl (C=O) groups excluding carboxylic acids is 2. The van der Waals surface area contributed by atoms with E-state index in [1.54, 1.807) is 18.2 Å². The molecule has 0 atom stereocenters. The fraction of sp³-hybridized carbons (Fsp3) is 0.385. The van der Waals surface area contributed by atoms with Gasteiger partial charge in [-0.05, 0) is 24.6 Å². The van der Waals surface area contributed by atoms with E-state index in [1.807, 2.05) is 6.92 Å². The van der Waals surface area contributed by atoms with Gasteiger partial charge in [0.1, 0.15) is 6.54 Å². The number of amides is 1. The molecule has 0 heterocycles. The van der Waals surface area contributed by atoms with Crippen LogP contribution < -0.4 is 0 Å². The van der Waals surface area contributed by atoms with Crippen molar-refractivity contribution in [2.24, 2.45) is 0 Å². The third-order valence-electron chi connectivity index (χ3n) is 2.49. The topological polar surface area (TPSA) is 46.6 Å². The van der Waals surface area contributed by atoms with Gasteiger partial charge in [0.15, 0.2) is 0 Å². The van der Waals surface area contributed by atoms with Crippen LogP contribution in [0.2, 0.25) is 5.02 Å². The second-order valence-corrected chi connectivity index (χ2v) is 5.25. The Labute approximate surface area is 125 Å². The molecule has 1 amide bonds. The van der Waals surface area contributed by atoms with Crippen molar-refractivity contribution in [3.63, 3.8) is 0 Å². The molecule has 0 radical (unpaired) electrons. The molecule has 1 aromatic carbocycles. The lowest BCUT2D eigenvalue weighted by Crippen LogP contribution is -2.36. The van der Waals surface area contributed by atoms with Gasteiger partial charge in [-0.25, -0.2) is 0 Å². The number of carbonyl (C=O) groups is 2. The second-order valence-electron chi connectivity index (χ2n) is 3.93. The standard InChI is InChI=1S/C13H15BrClNO3/c1-3-6-16(8-12(17)19-2)13(18)10-5-4-9(14)7-11(10)15/h4-5,7H,3,6,8H2,1-2H3. The zero-order valence-corrected chi connectivity index (χ0v) is 13.1. The van der Waals surface area contributed by atoms with Gasteiger partial charge in [-0.1, -0.05) is 34.5 Å². The summed E-state index contributed by atoms with van der Waals surface area (Å²) in [6.07, 6.45) is 0.747. The number of halogens is 2. The quantitative estimate of drug-likeness (QED) is 0.768. The van der Waals surface area contributed by atoms with Crippen molar-refractivity contribution >= 4 is 39.4 Å². The highest BCUT2D eigenvalue weighted by Crippen LogP contribution is 2.22. The maximum absolute atomic E-state index is 12.3. The van der Waals surface area contributed by atoms with Gasteiger partial charge in [-0.2, -0.15) is 0 Å². The number of hydrogen-bond acceptors (Lipinski definition) is 3. The Bertz CT molecular complexity index is 479. The molecule has 1 aromatic rings. The first-order valence-electron chi connectivity index (χ1n) is 5.80. The summed E-state index contributed by atoms with van der Waals surface area (Å²) in [5.74, 6) is -0.722. The third-order valence-corrected chi connectivity index (χ3v) is 3.30. The van der Waals surface area contributed by atoms with E-state index in [0.717, 1.165) is 10.9 Å². The molecule has 104 valence electrons. The fourth-order valence-electron chi connectivity index (χ4n) is 1.58. The van der Waals surface area contributed by atoms with Crippen molar-refractivity contribution in [2.75, 3.05) is 20.2 Å². The molecule has 1 rings (SSSR count). The number of hydrogen-bond donors (Lipinski definition) is 0. The molecule has 0 unspecified atom stereocenters. The van der Waals surface area contributed by atoms with E-state index in [9.17, 15) is 9.59 Å². The van der Waals surface area contributed by atoms with E-state index in [4.69, 9.17) is 11.6 Å². The van der Waals surface area contributed by atoms with Crippen LogP contribution in [0.1, 0.15) is 23.7 Å². The van der Waals surface area contributed by atoms with Crippen molar-refractivity contribution in [3.05, 3.63) is 33.3 Å². The van der Waals surface area contributed by atoms with Crippen LogP contribution in [-0.2, 0) is 9.53 Å². The highest BCUT2D eigenvalue weighted by molar-refractivity contribution is 9.10. The van der Waals surface area contributed by atoms with Gasteiger partial charge in [0.05, 0.1) is 17.7 Å². The van der Waals surface area contributed by atoms with Gasteiger partial charge in [-0.3, -0.25) is 9.59 Å². The zero-order chi connectivity index (χ0) is 14.4. The van der Waals surface area contributed by atoms with E-state index < -0.39 is 5.97 Å². The molecule has 0 bridgehead atoms. The lowest BCUT2D eigenvalue weighted by atomic mass is 10.2. The van der Waals surface area contributed by atoms with Crippen molar-refractivity contribution in [1.29, 1.82) is 0 Å². The summed E-state index contributed by atoms with van der Waals surface area (Å²) in [7, 11) is 1.30. The highest BCUT2D eigenvalue weighted by atomic mass is 79.9. The van der Waals surface area contributed by atoms with Crippen molar-refractivity contribution in [2.45, 2.75) is 13.3 Å². The molecule has 0 saturated carbocycles. The maximum Gasteiger partial charge on any atom is 0.325 e. The lowest BCUT2D eigenvalue weighted by molar-refractivity contribution is -0.141. The number of rotatable bonds is 5. The smallest absolute Gasteiger partial charge is 0.325 e. The summed E-state index contributed by atoms with van der Waals surface area (Å²) in [4.78, 5) is 25.1. The van der Waals surface area contributed by atoms with Crippen molar-refractivity contribution in [1.82, 2.24) is 4.90 Å². The van der Waals surface area contributed by atoms with Crippen LogP contribution in [0.4, 0.5) is 0 Å². The molecule has 6 heteroatoms. The number of methoxy groups -OCH3 is 1. The SMILES string of the molecule is CCCN(CC(=O)OC)C(=O)c1ccc(Br)cc1Cl. The first kappa shape index (κ1) is 16.0. The van der Waals surface area contributed by atoms with Gasteiger partial charge >= 0.3 is 5.97 Å². The molecular formula is C13H15BrClNO3. The largest absolute Gasteiger partial charge is 0.468 e. The van der Waals surface area contributed by atoms with E-state index in [0.29, 0.717) is 17.1 Å². The number of benzene rings is 1. The average Bonchev–Trinajstić information content (AvgIpc) is 2.37. The highest BCUT2D eigenvalue weighted by Gasteiger charge is 2.20. The summed E-state index contributed by atoms with van der Waals surface area (Å²) >= 11 is 9.33. The van der Waals surface area contributed by atoms with Crippen LogP contribution in [0.3, 0.4) is 0 Å². The molecule has 0 aliphatic rings. The Morgan fingerprint density at radius 1 is 1.42 bits per heavy atom. The zero-order valence-electron chi connectivity index (χ0n) is 10.8. The molecule has 0 fully saturated rings. The summed E-state index contributed by atoms with van der Waals surface area (Å²) in [5.41, 5.74) is 0.377. The van der Waals surface area contributed by atoms with Crippen molar-refractivity contribution in [3.8, 4) is 0 Å². The van der Waals surface area contributed by atoms with Crippen LogP contribution in [0, 0.1) is 0 Å². The van der Waals surface area contributed by atoms with E-state index >= 15 is 0 Å². The van der Waals surface area contributed by atoms with Gasteiger partial charge in [0.2, 0.25) is 0 Å². The molecule has 0 aromatic heterocycles. The maximum atomic E-state index is 12.3. The Balaban J connectivity index is 2.95. The average molecular weight is 349 g/mol. The van der Waals surface area contributed by atoms with E-state index in [-0.39, 0.29) is 12.5 Å². The predicted octanol–water partition coefficient (Wildman–Crippen LogP) is 3.13. The minimum atomic E-state index is -0.449. The van der Waals surface area contributed by atoms with Gasteiger partial charge in [0.25, 0.3) is 5.91 Å². The minimum Gasteiger partial charge on any atom is -0.468 e. The summed E-state index contributed by atoms with van der Waals surface area (Å²) < 4.78 is 5.38. The summed E-state index contributed by atoms with van der Waals surface area (Å²) in [6.45, 7) is 2.33. The van der Waals surface area contributed by atoms with Crippen LogP contribution in [0.15, 0.2) is 22.7 Å². The number of nitrogens with zero attached hydrogens (tertiary/aromatic N) is 1. The van der Waals surface area contributed by atoms with Crippen molar-refractivity contribution < 1.29 is 14.3 Å². The molecule has 0 N–H and O–H groups in total. The van der Waals surface area contributed by atoms with Crippen LogP contribution >= 0.6 is 27.5 Å². The van der Waals surface area contributed by atoms with Gasteiger partial charge < -0.3 is 9.64 Å². The molecule has 0 aliphatic carbocycles. The molecule has 0 aliphatic heterocycles. The van der Waals surface area contributed by atoms with E-state index in [2.05, 4.69) is 20.7 Å². The normalized spacial score (nSPS) is 10.1. The molecule has 4 nitrogen and oxygen atoms in total. The Morgan fingerprint density at radius 3 is 2.63 bits per heavy atom. The third kappa shape index (κ3) is 4.51. The minimum absolute atomic E-state index is 0.0738.